The van der Waals surface area contributed by atoms with E-state index >= 15 is 0 Å². The highest BCUT2D eigenvalue weighted by Crippen LogP contribution is 2.27. The Bertz CT molecular complexity index is 390. The van der Waals surface area contributed by atoms with Gasteiger partial charge in [0.05, 0.1) is 20.1 Å². The molecule has 0 heterocycles. The molecule has 0 aromatic heterocycles. The first kappa shape index (κ1) is 12.3. The van der Waals surface area contributed by atoms with Gasteiger partial charge in [0.25, 0.3) is 0 Å². The average Bonchev–Trinajstić information content (AvgIpc) is 2.22. The Kier molecular flexibility index (Phi) is 4.10. The number of aliphatic carboxylic acids is 1. The number of hydrogen-bond acceptors (Lipinski definition) is 3. The molecule has 0 aliphatic carbocycles. The quantitative estimate of drug-likeness (QED) is 0.835. The number of rotatable bonds is 5. The van der Waals surface area contributed by atoms with E-state index < -0.39 is 18.2 Å². The standard InChI is InChI=1S/C11H13FO4/c1-3-16-8-4-7(5-10(13)14)11(12)9(6-8)15-2/h4,6H,3,5H2,1-2H3,(H,13,14). The van der Waals surface area contributed by atoms with Crippen molar-refractivity contribution in [3.8, 4) is 11.5 Å². The topological polar surface area (TPSA) is 55.8 Å². The van der Waals surface area contributed by atoms with Crippen LogP contribution in [-0.4, -0.2) is 24.8 Å². The van der Waals surface area contributed by atoms with E-state index in [0.29, 0.717) is 12.4 Å². The zero-order valence-corrected chi connectivity index (χ0v) is 9.12. The second-order valence-electron chi connectivity index (χ2n) is 3.10. The Hall–Kier alpha value is -1.78. The Labute approximate surface area is 92.6 Å². The minimum atomic E-state index is -1.10. The number of methoxy groups -OCH3 is 1. The molecule has 0 bridgehead atoms. The lowest BCUT2D eigenvalue weighted by molar-refractivity contribution is -0.136. The van der Waals surface area contributed by atoms with Crippen LogP contribution in [-0.2, 0) is 11.2 Å². The molecule has 88 valence electrons. The molecule has 0 unspecified atom stereocenters. The summed E-state index contributed by atoms with van der Waals surface area (Å²) in [5.41, 5.74) is 0.0512. The van der Waals surface area contributed by atoms with E-state index in [1.54, 1.807) is 6.92 Å². The zero-order valence-electron chi connectivity index (χ0n) is 9.12. The van der Waals surface area contributed by atoms with Gasteiger partial charge in [0, 0.05) is 11.6 Å². The van der Waals surface area contributed by atoms with E-state index in [-0.39, 0.29) is 11.3 Å². The van der Waals surface area contributed by atoms with Gasteiger partial charge in [0.1, 0.15) is 5.75 Å². The maximum atomic E-state index is 13.6. The van der Waals surface area contributed by atoms with Crippen LogP contribution in [0.3, 0.4) is 0 Å². The zero-order chi connectivity index (χ0) is 12.1. The van der Waals surface area contributed by atoms with Crippen LogP contribution < -0.4 is 9.47 Å². The van der Waals surface area contributed by atoms with E-state index in [2.05, 4.69) is 0 Å². The predicted octanol–water partition coefficient (Wildman–Crippen LogP) is 1.86. The predicted molar refractivity (Wildman–Crippen MR) is 55.5 cm³/mol. The fourth-order valence-electron chi connectivity index (χ4n) is 1.32. The van der Waals surface area contributed by atoms with Crippen molar-refractivity contribution in [2.45, 2.75) is 13.3 Å². The third-order valence-electron chi connectivity index (χ3n) is 1.96. The number of halogens is 1. The van der Waals surface area contributed by atoms with Crippen molar-refractivity contribution in [2.24, 2.45) is 0 Å². The second-order valence-corrected chi connectivity index (χ2v) is 3.10. The fraction of sp³-hybridized carbons (Fsp3) is 0.364. The first-order valence-corrected chi connectivity index (χ1v) is 4.79. The van der Waals surface area contributed by atoms with Crippen LogP contribution in [0.25, 0.3) is 0 Å². The maximum Gasteiger partial charge on any atom is 0.307 e. The molecule has 0 saturated carbocycles. The number of benzene rings is 1. The van der Waals surface area contributed by atoms with Crippen LogP contribution in [0.15, 0.2) is 12.1 Å². The summed E-state index contributed by atoms with van der Waals surface area (Å²) in [6.45, 7) is 2.20. The van der Waals surface area contributed by atoms with E-state index in [9.17, 15) is 9.18 Å². The number of hydrogen-bond donors (Lipinski definition) is 1. The van der Waals surface area contributed by atoms with Crippen molar-refractivity contribution < 1.29 is 23.8 Å². The molecule has 4 nitrogen and oxygen atoms in total. The lowest BCUT2D eigenvalue weighted by Gasteiger charge is -2.10. The van der Waals surface area contributed by atoms with Gasteiger partial charge in [-0.1, -0.05) is 0 Å². The Morgan fingerprint density at radius 3 is 2.69 bits per heavy atom. The van der Waals surface area contributed by atoms with Crippen LogP contribution in [0.5, 0.6) is 11.5 Å². The molecule has 1 aromatic carbocycles. The van der Waals surface area contributed by atoms with Gasteiger partial charge in [-0.05, 0) is 13.0 Å². The minimum Gasteiger partial charge on any atom is -0.494 e. The second kappa shape index (κ2) is 5.34. The summed E-state index contributed by atoms with van der Waals surface area (Å²) < 4.78 is 23.6. The van der Waals surface area contributed by atoms with E-state index in [1.165, 1.54) is 19.2 Å². The SMILES string of the molecule is CCOc1cc(CC(=O)O)c(F)c(OC)c1. The highest BCUT2D eigenvalue weighted by molar-refractivity contribution is 5.70. The summed E-state index contributed by atoms with van der Waals surface area (Å²) in [7, 11) is 1.32. The number of ether oxygens (including phenoxy) is 2. The lowest BCUT2D eigenvalue weighted by Crippen LogP contribution is -2.05. The van der Waals surface area contributed by atoms with Gasteiger partial charge in [0.15, 0.2) is 11.6 Å². The Morgan fingerprint density at radius 1 is 1.50 bits per heavy atom. The van der Waals surface area contributed by atoms with Crippen LogP contribution in [0, 0.1) is 5.82 Å². The molecule has 0 saturated heterocycles. The van der Waals surface area contributed by atoms with Crippen LogP contribution in [0.1, 0.15) is 12.5 Å². The lowest BCUT2D eigenvalue weighted by atomic mass is 10.1. The summed E-state index contributed by atoms with van der Waals surface area (Å²) in [6.07, 6.45) is -0.400. The molecule has 0 spiro atoms. The molecule has 1 rings (SSSR count). The summed E-state index contributed by atoms with van der Waals surface area (Å²) in [5, 5.41) is 8.63. The molecule has 0 radical (unpaired) electrons. The molecule has 0 fully saturated rings. The summed E-state index contributed by atoms with van der Waals surface area (Å²) in [5.74, 6) is -1.37. The first-order valence-electron chi connectivity index (χ1n) is 4.79. The highest BCUT2D eigenvalue weighted by Gasteiger charge is 2.14. The van der Waals surface area contributed by atoms with Gasteiger partial charge >= 0.3 is 5.97 Å². The largest absolute Gasteiger partial charge is 0.494 e. The smallest absolute Gasteiger partial charge is 0.307 e. The maximum absolute atomic E-state index is 13.6. The van der Waals surface area contributed by atoms with Gasteiger partial charge in [-0.3, -0.25) is 4.79 Å². The van der Waals surface area contributed by atoms with Gasteiger partial charge in [-0.15, -0.1) is 0 Å². The molecule has 16 heavy (non-hydrogen) atoms. The average molecular weight is 228 g/mol. The molecule has 1 aromatic rings. The van der Waals surface area contributed by atoms with E-state index in [4.69, 9.17) is 14.6 Å². The fourth-order valence-corrected chi connectivity index (χ4v) is 1.32. The molecular weight excluding hydrogens is 215 g/mol. The molecule has 5 heteroatoms. The third-order valence-corrected chi connectivity index (χ3v) is 1.96. The summed E-state index contributed by atoms with van der Waals surface area (Å²) in [4.78, 5) is 10.5. The van der Waals surface area contributed by atoms with Crippen molar-refractivity contribution in [2.75, 3.05) is 13.7 Å². The monoisotopic (exact) mass is 228 g/mol. The Balaban J connectivity index is 3.13. The van der Waals surface area contributed by atoms with Gasteiger partial charge in [-0.25, -0.2) is 4.39 Å². The summed E-state index contributed by atoms with van der Waals surface area (Å²) >= 11 is 0. The molecule has 0 aliphatic rings. The number of carboxylic acid groups (broad SMARTS) is 1. The molecule has 0 aliphatic heterocycles. The van der Waals surface area contributed by atoms with Crippen LogP contribution in [0.2, 0.25) is 0 Å². The van der Waals surface area contributed by atoms with Crippen LogP contribution >= 0.6 is 0 Å². The molecule has 1 N–H and O–H groups in total. The van der Waals surface area contributed by atoms with E-state index in [0.717, 1.165) is 0 Å². The van der Waals surface area contributed by atoms with E-state index in [1.807, 2.05) is 0 Å². The third kappa shape index (κ3) is 2.85. The van der Waals surface area contributed by atoms with Crippen molar-refractivity contribution >= 4 is 5.97 Å². The van der Waals surface area contributed by atoms with Crippen LogP contribution in [0.4, 0.5) is 4.39 Å². The summed E-state index contributed by atoms with van der Waals surface area (Å²) in [6, 6.07) is 2.76. The number of carbonyl (C=O) groups is 1. The molecule has 0 amide bonds. The Morgan fingerprint density at radius 2 is 2.19 bits per heavy atom. The molecular formula is C11H13FO4. The molecule has 0 atom stereocenters. The van der Waals surface area contributed by atoms with Gasteiger partial charge in [-0.2, -0.15) is 0 Å². The minimum absolute atomic E-state index is 0.0119. The van der Waals surface area contributed by atoms with Gasteiger partial charge < -0.3 is 14.6 Å². The number of carboxylic acids is 1. The van der Waals surface area contributed by atoms with Crippen molar-refractivity contribution in [1.82, 2.24) is 0 Å². The van der Waals surface area contributed by atoms with Crippen molar-refractivity contribution in [3.63, 3.8) is 0 Å². The normalized spacial score (nSPS) is 9.94. The first-order chi connectivity index (χ1) is 7.58. The van der Waals surface area contributed by atoms with Crippen molar-refractivity contribution in [1.29, 1.82) is 0 Å². The highest BCUT2D eigenvalue weighted by atomic mass is 19.1. The van der Waals surface area contributed by atoms with Crippen molar-refractivity contribution in [3.05, 3.63) is 23.5 Å². The van der Waals surface area contributed by atoms with Gasteiger partial charge in [0.2, 0.25) is 0 Å².